The van der Waals surface area contributed by atoms with Crippen molar-refractivity contribution in [2.24, 2.45) is 5.92 Å². The highest BCUT2D eigenvalue weighted by atomic mass is 16.6. The SMILES string of the molecule is O=C(CC1CCNCC1)Nc1cccc([N+](=O)[O-])c1. The van der Waals surface area contributed by atoms with Gasteiger partial charge in [-0.3, -0.25) is 14.9 Å². The molecule has 6 heteroatoms. The average molecular weight is 263 g/mol. The fourth-order valence-corrected chi connectivity index (χ4v) is 2.26. The maximum Gasteiger partial charge on any atom is 0.271 e. The molecule has 0 spiro atoms. The zero-order valence-electron chi connectivity index (χ0n) is 10.6. The molecule has 1 amide bonds. The van der Waals surface area contributed by atoms with Crippen molar-refractivity contribution in [3.8, 4) is 0 Å². The molecule has 0 aliphatic carbocycles. The van der Waals surface area contributed by atoms with Crippen LogP contribution in [0.4, 0.5) is 11.4 Å². The quantitative estimate of drug-likeness (QED) is 0.642. The Bertz CT molecular complexity index is 470. The van der Waals surface area contributed by atoms with Crippen LogP contribution in [-0.4, -0.2) is 23.9 Å². The number of nitrogens with zero attached hydrogens (tertiary/aromatic N) is 1. The van der Waals surface area contributed by atoms with Crippen molar-refractivity contribution in [1.82, 2.24) is 5.32 Å². The maximum atomic E-state index is 11.9. The molecule has 0 aromatic heterocycles. The highest BCUT2D eigenvalue weighted by Gasteiger charge is 2.17. The zero-order valence-corrected chi connectivity index (χ0v) is 10.6. The first kappa shape index (κ1) is 13.5. The third-order valence-corrected chi connectivity index (χ3v) is 3.27. The molecular formula is C13H17N3O3. The topological polar surface area (TPSA) is 84.3 Å². The van der Waals surface area contributed by atoms with Gasteiger partial charge in [0.2, 0.25) is 5.91 Å². The summed E-state index contributed by atoms with van der Waals surface area (Å²) in [5, 5.41) is 16.6. The van der Waals surface area contributed by atoms with Gasteiger partial charge in [-0.25, -0.2) is 0 Å². The number of nitro benzene ring substituents is 1. The third kappa shape index (κ3) is 4.03. The van der Waals surface area contributed by atoms with Crippen molar-refractivity contribution in [3.05, 3.63) is 34.4 Å². The first-order valence-corrected chi connectivity index (χ1v) is 6.40. The summed E-state index contributed by atoms with van der Waals surface area (Å²) in [5.74, 6) is 0.326. The van der Waals surface area contributed by atoms with Gasteiger partial charge >= 0.3 is 0 Å². The van der Waals surface area contributed by atoms with E-state index in [1.807, 2.05) is 0 Å². The zero-order chi connectivity index (χ0) is 13.7. The van der Waals surface area contributed by atoms with Gasteiger partial charge < -0.3 is 10.6 Å². The summed E-state index contributed by atoms with van der Waals surface area (Å²) in [7, 11) is 0. The van der Waals surface area contributed by atoms with Gasteiger partial charge in [-0.15, -0.1) is 0 Å². The Balaban J connectivity index is 1.90. The molecule has 1 saturated heterocycles. The molecule has 1 aromatic carbocycles. The lowest BCUT2D eigenvalue weighted by atomic mass is 9.94. The van der Waals surface area contributed by atoms with Crippen molar-refractivity contribution < 1.29 is 9.72 Å². The van der Waals surface area contributed by atoms with Crippen LogP contribution in [0.5, 0.6) is 0 Å². The van der Waals surface area contributed by atoms with Gasteiger partial charge in [0, 0.05) is 24.2 Å². The van der Waals surface area contributed by atoms with Crippen LogP contribution in [0, 0.1) is 16.0 Å². The number of nitro groups is 1. The number of hydrogen-bond donors (Lipinski definition) is 2. The second kappa shape index (κ2) is 6.29. The molecule has 0 radical (unpaired) electrons. The fourth-order valence-electron chi connectivity index (χ4n) is 2.26. The van der Waals surface area contributed by atoms with Crippen LogP contribution in [0.15, 0.2) is 24.3 Å². The number of anilines is 1. The van der Waals surface area contributed by atoms with E-state index < -0.39 is 4.92 Å². The Morgan fingerprint density at radius 3 is 2.84 bits per heavy atom. The normalized spacial score (nSPS) is 16.0. The van der Waals surface area contributed by atoms with E-state index in [0.717, 1.165) is 25.9 Å². The van der Waals surface area contributed by atoms with E-state index >= 15 is 0 Å². The lowest BCUT2D eigenvalue weighted by Crippen LogP contribution is -2.30. The Labute approximate surface area is 111 Å². The lowest BCUT2D eigenvalue weighted by Gasteiger charge is -2.21. The number of piperidine rings is 1. The molecule has 0 saturated carbocycles. The minimum atomic E-state index is -0.470. The van der Waals surface area contributed by atoms with Gasteiger partial charge in [-0.1, -0.05) is 6.07 Å². The highest BCUT2D eigenvalue weighted by molar-refractivity contribution is 5.91. The Morgan fingerprint density at radius 2 is 2.16 bits per heavy atom. The standard InChI is InChI=1S/C13H17N3O3/c17-13(8-10-4-6-14-7-5-10)15-11-2-1-3-12(9-11)16(18)19/h1-3,9-10,14H,4-8H2,(H,15,17). The van der Waals surface area contributed by atoms with Crippen LogP contribution in [-0.2, 0) is 4.79 Å². The van der Waals surface area contributed by atoms with Crippen LogP contribution in [0.3, 0.4) is 0 Å². The minimum absolute atomic E-state index is 0.0142. The van der Waals surface area contributed by atoms with Gasteiger partial charge in [0.1, 0.15) is 0 Å². The molecule has 1 aromatic rings. The molecule has 102 valence electrons. The Kier molecular flexibility index (Phi) is 4.46. The summed E-state index contributed by atoms with van der Waals surface area (Å²) in [6.45, 7) is 1.91. The van der Waals surface area contributed by atoms with Crippen LogP contribution in [0.2, 0.25) is 0 Å². The maximum absolute atomic E-state index is 11.9. The molecule has 1 aliphatic heterocycles. The molecule has 19 heavy (non-hydrogen) atoms. The van der Waals surface area contributed by atoms with E-state index in [4.69, 9.17) is 0 Å². The molecule has 6 nitrogen and oxygen atoms in total. The average Bonchev–Trinajstić information content (AvgIpc) is 2.40. The fraction of sp³-hybridized carbons (Fsp3) is 0.462. The number of carbonyl (C=O) groups is 1. The van der Waals surface area contributed by atoms with E-state index in [9.17, 15) is 14.9 Å². The summed E-state index contributed by atoms with van der Waals surface area (Å²) >= 11 is 0. The molecule has 1 fully saturated rings. The summed E-state index contributed by atoms with van der Waals surface area (Å²) < 4.78 is 0. The van der Waals surface area contributed by atoms with Gasteiger partial charge in [0.05, 0.1) is 4.92 Å². The smallest absolute Gasteiger partial charge is 0.271 e. The van der Waals surface area contributed by atoms with E-state index in [2.05, 4.69) is 10.6 Å². The molecule has 2 N–H and O–H groups in total. The molecule has 1 aliphatic rings. The summed E-state index contributed by atoms with van der Waals surface area (Å²) in [4.78, 5) is 22.0. The minimum Gasteiger partial charge on any atom is -0.326 e. The second-order valence-electron chi connectivity index (χ2n) is 4.75. The molecule has 0 bridgehead atoms. The van der Waals surface area contributed by atoms with Gasteiger partial charge in [-0.2, -0.15) is 0 Å². The highest BCUT2D eigenvalue weighted by Crippen LogP contribution is 2.19. The first-order chi connectivity index (χ1) is 9.15. The van der Waals surface area contributed by atoms with Crippen LogP contribution >= 0.6 is 0 Å². The monoisotopic (exact) mass is 263 g/mol. The van der Waals surface area contributed by atoms with Crippen molar-refractivity contribution in [1.29, 1.82) is 0 Å². The summed E-state index contributed by atoms with van der Waals surface area (Å²) in [6, 6.07) is 6.01. The molecular weight excluding hydrogens is 246 g/mol. The molecule has 0 atom stereocenters. The Hall–Kier alpha value is -1.95. The number of carbonyl (C=O) groups excluding carboxylic acids is 1. The van der Waals surface area contributed by atoms with Crippen LogP contribution < -0.4 is 10.6 Å². The lowest BCUT2D eigenvalue weighted by molar-refractivity contribution is -0.384. The summed E-state index contributed by atoms with van der Waals surface area (Å²) in [6.07, 6.45) is 2.48. The van der Waals surface area contributed by atoms with Crippen molar-refractivity contribution in [2.75, 3.05) is 18.4 Å². The van der Waals surface area contributed by atoms with Gasteiger partial charge in [0.25, 0.3) is 5.69 Å². The Morgan fingerprint density at radius 1 is 1.42 bits per heavy atom. The number of amides is 1. The predicted octanol–water partition coefficient (Wildman–Crippen LogP) is 1.92. The van der Waals surface area contributed by atoms with E-state index in [1.54, 1.807) is 12.1 Å². The number of hydrogen-bond acceptors (Lipinski definition) is 4. The van der Waals surface area contributed by atoms with Gasteiger partial charge in [0.15, 0.2) is 0 Å². The van der Waals surface area contributed by atoms with Gasteiger partial charge in [-0.05, 0) is 37.9 Å². The molecule has 2 rings (SSSR count). The van der Waals surface area contributed by atoms with Crippen LogP contribution in [0.1, 0.15) is 19.3 Å². The number of benzene rings is 1. The van der Waals surface area contributed by atoms with Crippen LogP contribution in [0.25, 0.3) is 0 Å². The molecule has 1 heterocycles. The largest absolute Gasteiger partial charge is 0.326 e. The number of nitrogens with one attached hydrogen (secondary N) is 2. The third-order valence-electron chi connectivity index (χ3n) is 3.27. The van der Waals surface area contributed by atoms with E-state index in [1.165, 1.54) is 12.1 Å². The van der Waals surface area contributed by atoms with E-state index in [-0.39, 0.29) is 11.6 Å². The molecule has 0 unspecified atom stereocenters. The van der Waals surface area contributed by atoms with E-state index in [0.29, 0.717) is 18.0 Å². The van der Waals surface area contributed by atoms with Crippen molar-refractivity contribution in [2.45, 2.75) is 19.3 Å². The summed E-state index contributed by atoms with van der Waals surface area (Å²) in [5.41, 5.74) is 0.466. The number of non-ortho nitro benzene ring substituents is 1. The van der Waals surface area contributed by atoms with Crippen molar-refractivity contribution >= 4 is 17.3 Å². The number of rotatable bonds is 4. The predicted molar refractivity (Wildman–Crippen MR) is 71.9 cm³/mol. The first-order valence-electron chi connectivity index (χ1n) is 6.40. The second-order valence-corrected chi connectivity index (χ2v) is 4.75. The van der Waals surface area contributed by atoms with Crippen molar-refractivity contribution in [3.63, 3.8) is 0 Å².